The maximum Gasteiger partial charge on any atom is 0.123 e. The molecule has 0 aliphatic carbocycles. The van der Waals surface area contributed by atoms with E-state index < -0.39 is 0 Å². The van der Waals surface area contributed by atoms with Crippen molar-refractivity contribution >= 4 is 6.29 Å². The summed E-state index contributed by atoms with van der Waals surface area (Å²) in [7, 11) is 0. The highest BCUT2D eigenvalue weighted by atomic mass is 19.1. The van der Waals surface area contributed by atoms with Crippen LogP contribution in [-0.2, 0) is 4.79 Å². The highest BCUT2D eigenvalue weighted by molar-refractivity contribution is 5.50. The predicted molar refractivity (Wildman–Crippen MR) is 69.9 cm³/mol. The third kappa shape index (κ3) is 3.47. The molecule has 0 atom stereocenters. The lowest BCUT2D eigenvalue weighted by atomic mass is 9.87. The number of hydrogen-bond acceptors (Lipinski definition) is 1. The SMILES string of the molecule is O=CCCC(c1ccc(F)cc1)c1ccc(F)cc1. The van der Waals surface area contributed by atoms with Crippen LogP contribution in [0, 0.1) is 11.6 Å². The smallest absolute Gasteiger partial charge is 0.123 e. The molecule has 0 heterocycles. The predicted octanol–water partition coefficient (Wildman–Crippen LogP) is 4.08. The Morgan fingerprint density at radius 1 is 0.842 bits per heavy atom. The van der Waals surface area contributed by atoms with Crippen molar-refractivity contribution in [3.63, 3.8) is 0 Å². The molecule has 0 saturated heterocycles. The first-order valence-corrected chi connectivity index (χ1v) is 6.15. The summed E-state index contributed by atoms with van der Waals surface area (Å²) in [6, 6.07) is 12.4. The maximum atomic E-state index is 13.0. The van der Waals surface area contributed by atoms with Gasteiger partial charge in [-0.3, -0.25) is 0 Å². The molecule has 0 aliphatic rings. The molecular weight excluding hydrogens is 246 g/mol. The van der Waals surface area contributed by atoms with Gasteiger partial charge in [-0.15, -0.1) is 0 Å². The van der Waals surface area contributed by atoms with E-state index in [0.29, 0.717) is 12.8 Å². The average Bonchev–Trinajstić information content (AvgIpc) is 2.43. The van der Waals surface area contributed by atoms with Crippen LogP contribution in [0.3, 0.4) is 0 Å². The lowest BCUT2D eigenvalue weighted by Crippen LogP contribution is -2.02. The first-order valence-electron chi connectivity index (χ1n) is 6.15. The summed E-state index contributed by atoms with van der Waals surface area (Å²) in [5.74, 6) is -0.611. The van der Waals surface area contributed by atoms with E-state index in [1.807, 2.05) is 0 Å². The van der Waals surface area contributed by atoms with Gasteiger partial charge in [0.1, 0.15) is 17.9 Å². The molecule has 0 unspecified atom stereocenters. The third-order valence-electron chi connectivity index (χ3n) is 3.12. The second kappa shape index (κ2) is 6.23. The Labute approximate surface area is 110 Å². The number of rotatable bonds is 5. The molecule has 98 valence electrons. The van der Waals surface area contributed by atoms with E-state index in [2.05, 4.69) is 0 Å². The minimum atomic E-state index is -0.294. The highest BCUT2D eigenvalue weighted by Gasteiger charge is 2.14. The normalized spacial score (nSPS) is 10.7. The monoisotopic (exact) mass is 260 g/mol. The second-order valence-electron chi connectivity index (χ2n) is 4.40. The lowest BCUT2D eigenvalue weighted by molar-refractivity contribution is -0.107. The molecule has 2 rings (SSSR count). The van der Waals surface area contributed by atoms with Crippen molar-refractivity contribution in [1.29, 1.82) is 0 Å². The van der Waals surface area contributed by atoms with Crippen molar-refractivity contribution in [1.82, 2.24) is 0 Å². The molecule has 0 fully saturated rings. The Kier molecular flexibility index (Phi) is 4.39. The number of carbonyl (C=O) groups is 1. The van der Waals surface area contributed by atoms with Gasteiger partial charge in [-0.2, -0.15) is 0 Å². The van der Waals surface area contributed by atoms with Gasteiger partial charge >= 0.3 is 0 Å². The summed E-state index contributed by atoms with van der Waals surface area (Å²) >= 11 is 0. The average molecular weight is 260 g/mol. The summed E-state index contributed by atoms with van der Waals surface area (Å²) in [5.41, 5.74) is 1.85. The number of aldehydes is 1. The van der Waals surface area contributed by atoms with Gasteiger partial charge in [0, 0.05) is 12.3 Å². The van der Waals surface area contributed by atoms with Crippen LogP contribution in [0.15, 0.2) is 48.5 Å². The Balaban J connectivity index is 2.31. The molecule has 1 nitrogen and oxygen atoms in total. The fraction of sp³-hybridized carbons (Fsp3) is 0.188. The first kappa shape index (κ1) is 13.4. The van der Waals surface area contributed by atoms with Gasteiger partial charge in [0.15, 0.2) is 0 Å². The minimum absolute atomic E-state index is 0.0219. The molecule has 0 bridgehead atoms. The second-order valence-corrected chi connectivity index (χ2v) is 4.40. The lowest BCUT2D eigenvalue weighted by Gasteiger charge is -2.17. The fourth-order valence-corrected chi connectivity index (χ4v) is 2.15. The van der Waals surface area contributed by atoms with E-state index in [1.165, 1.54) is 24.3 Å². The molecule has 19 heavy (non-hydrogen) atoms. The molecule has 0 amide bonds. The summed E-state index contributed by atoms with van der Waals surface area (Å²) in [6.07, 6.45) is 1.90. The molecular formula is C16H14F2O. The van der Waals surface area contributed by atoms with Crippen molar-refractivity contribution in [2.45, 2.75) is 18.8 Å². The van der Waals surface area contributed by atoms with Gasteiger partial charge in [-0.1, -0.05) is 24.3 Å². The molecule has 0 aromatic heterocycles. The standard InChI is InChI=1S/C16H14F2O/c17-14-7-3-12(4-8-14)16(2-1-11-19)13-5-9-15(18)10-6-13/h3-11,16H,1-2H2. The molecule has 2 aromatic rings. The largest absolute Gasteiger partial charge is 0.303 e. The summed E-state index contributed by atoms with van der Waals surface area (Å²) < 4.78 is 25.9. The molecule has 0 N–H and O–H groups in total. The molecule has 0 aliphatic heterocycles. The first-order chi connectivity index (χ1) is 9.20. The van der Waals surface area contributed by atoms with E-state index in [1.54, 1.807) is 24.3 Å². The van der Waals surface area contributed by atoms with E-state index in [9.17, 15) is 13.6 Å². The van der Waals surface area contributed by atoms with Crippen LogP contribution in [-0.4, -0.2) is 6.29 Å². The number of benzene rings is 2. The molecule has 0 spiro atoms. The minimum Gasteiger partial charge on any atom is -0.303 e. The van der Waals surface area contributed by atoms with Crippen molar-refractivity contribution < 1.29 is 13.6 Å². The topological polar surface area (TPSA) is 17.1 Å². The quantitative estimate of drug-likeness (QED) is 0.740. The van der Waals surface area contributed by atoms with E-state index in [0.717, 1.165) is 17.4 Å². The molecule has 3 heteroatoms. The Hall–Kier alpha value is -2.03. The van der Waals surface area contributed by atoms with Crippen LogP contribution < -0.4 is 0 Å². The van der Waals surface area contributed by atoms with Crippen LogP contribution in [0.1, 0.15) is 29.9 Å². The van der Waals surface area contributed by atoms with E-state index in [-0.39, 0.29) is 17.6 Å². The molecule has 2 aromatic carbocycles. The van der Waals surface area contributed by atoms with E-state index in [4.69, 9.17) is 0 Å². The van der Waals surface area contributed by atoms with Gasteiger partial charge < -0.3 is 4.79 Å². The van der Waals surface area contributed by atoms with Crippen molar-refractivity contribution in [2.75, 3.05) is 0 Å². The Bertz CT molecular complexity index is 486. The van der Waals surface area contributed by atoms with Crippen LogP contribution in [0.5, 0.6) is 0 Å². The van der Waals surface area contributed by atoms with E-state index >= 15 is 0 Å². The number of hydrogen-bond donors (Lipinski definition) is 0. The van der Waals surface area contributed by atoms with Gasteiger partial charge in [0.05, 0.1) is 0 Å². The molecule has 0 radical (unpaired) electrons. The third-order valence-corrected chi connectivity index (χ3v) is 3.12. The van der Waals surface area contributed by atoms with Gasteiger partial charge in [-0.25, -0.2) is 8.78 Å². The van der Waals surface area contributed by atoms with Crippen LogP contribution in [0.2, 0.25) is 0 Å². The Morgan fingerprint density at radius 2 is 1.26 bits per heavy atom. The number of carbonyl (C=O) groups excluding carboxylic acids is 1. The maximum absolute atomic E-state index is 13.0. The zero-order valence-electron chi connectivity index (χ0n) is 10.4. The molecule has 0 saturated carbocycles. The van der Waals surface area contributed by atoms with Crippen LogP contribution in [0.4, 0.5) is 8.78 Å². The highest BCUT2D eigenvalue weighted by Crippen LogP contribution is 2.29. The van der Waals surface area contributed by atoms with Crippen LogP contribution in [0.25, 0.3) is 0 Å². The summed E-state index contributed by atoms with van der Waals surface area (Å²) in [4.78, 5) is 10.6. The van der Waals surface area contributed by atoms with Gasteiger partial charge in [0.25, 0.3) is 0 Å². The number of halogens is 2. The summed E-state index contributed by atoms with van der Waals surface area (Å²) in [6.45, 7) is 0. The zero-order valence-corrected chi connectivity index (χ0v) is 10.4. The summed E-state index contributed by atoms with van der Waals surface area (Å²) in [5, 5.41) is 0. The fourth-order valence-electron chi connectivity index (χ4n) is 2.15. The van der Waals surface area contributed by atoms with Crippen molar-refractivity contribution in [3.8, 4) is 0 Å². The zero-order chi connectivity index (χ0) is 13.7. The van der Waals surface area contributed by atoms with Crippen LogP contribution >= 0.6 is 0 Å². The van der Waals surface area contributed by atoms with Gasteiger partial charge in [-0.05, 0) is 41.8 Å². The van der Waals surface area contributed by atoms with Crippen molar-refractivity contribution in [2.24, 2.45) is 0 Å². The van der Waals surface area contributed by atoms with Gasteiger partial charge in [0.2, 0.25) is 0 Å². The van der Waals surface area contributed by atoms with Crippen molar-refractivity contribution in [3.05, 3.63) is 71.3 Å². The Morgan fingerprint density at radius 3 is 1.63 bits per heavy atom.